The molecule has 0 aliphatic carbocycles. The number of hydrogen-bond donors (Lipinski definition) is 2. The van der Waals surface area contributed by atoms with E-state index in [1.54, 1.807) is 0 Å². The number of hydrogen-bond acceptors (Lipinski definition) is 3. The van der Waals surface area contributed by atoms with Crippen LogP contribution in [0.15, 0.2) is 0 Å². The third kappa shape index (κ3) is 3.74. The second kappa shape index (κ2) is 5.19. The van der Waals surface area contributed by atoms with Crippen molar-refractivity contribution in [1.29, 1.82) is 0 Å². The van der Waals surface area contributed by atoms with E-state index in [4.69, 9.17) is 5.73 Å². The lowest BCUT2D eigenvalue weighted by molar-refractivity contribution is -0.118. The van der Waals surface area contributed by atoms with E-state index in [1.807, 2.05) is 0 Å². The maximum absolute atomic E-state index is 10.6. The highest BCUT2D eigenvalue weighted by molar-refractivity contribution is 5.73. The summed E-state index contributed by atoms with van der Waals surface area (Å²) in [5, 5.41) is 3.30. The molecule has 0 aromatic heterocycles. The molecule has 1 fully saturated rings. The molecule has 1 amide bonds. The molecule has 1 saturated heterocycles. The summed E-state index contributed by atoms with van der Waals surface area (Å²) in [6, 6.07) is 0.481. The van der Waals surface area contributed by atoms with Crippen LogP contribution in [0.1, 0.15) is 19.8 Å². The van der Waals surface area contributed by atoms with Crippen molar-refractivity contribution in [3.8, 4) is 0 Å². The first-order valence-electron chi connectivity index (χ1n) is 4.93. The summed E-state index contributed by atoms with van der Waals surface area (Å²) < 4.78 is 0. The van der Waals surface area contributed by atoms with Crippen molar-refractivity contribution < 1.29 is 4.79 Å². The van der Waals surface area contributed by atoms with Crippen molar-refractivity contribution >= 4 is 5.91 Å². The van der Waals surface area contributed by atoms with Crippen molar-refractivity contribution in [2.75, 3.05) is 26.2 Å². The summed E-state index contributed by atoms with van der Waals surface area (Å²) in [6.07, 6.45) is 1.39. The van der Waals surface area contributed by atoms with Gasteiger partial charge in [-0.1, -0.05) is 0 Å². The number of carbonyl (C=O) groups excluding carboxylic acids is 1. The zero-order chi connectivity index (χ0) is 9.68. The zero-order valence-electron chi connectivity index (χ0n) is 8.25. The second-order valence-electron chi connectivity index (χ2n) is 3.64. The second-order valence-corrected chi connectivity index (χ2v) is 3.64. The van der Waals surface area contributed by atoms with Crippen molar-refractivity contribution in [3.05, 3.63) is 0 Å². The fourth-order valence-electron chi connectivity index (χ4n) is 1.66. The van der Waals surface area contributed by atoms with Crippen molar-refractivity contribution in [2.24, 2.45) is 5.73 Å². The molecule has 1 aliphatic rings. The van der Waals surface area contributed by atoms with Crippen LogP contribution in [-0.4, -0.2) is 43.0 Å². The van der Waals surface area contributed by atoms with Gasteiger partial charge in [-0.2, -0.15) is 0 Å². The summed E-state index contributed by atoms with van der Waals surface area (Å²) >= 11 is 0. The average molecular weight is 185 g/mol. The van der Waals surface area contributed by atoms with E-state index >= 15 is 0 Å². The Bertz CT molecular complexity index is 166. The van der Waals surface area contributed by atoms with Crippen LogP contribution in [0.2, 0.25) is 0 Å². The number of nitrogens with one attached hydrogen (secondary N) is 1. The number of piperazine rings is 1. The molecule has 76 valence electrons. The maximum Gasteiger partial charge on any atom is 0.217 e. The van der Waals surface area contributed by atoms with Crippen LogP contribution in [0.25, 0.3) is 0 Å². The first-order chi connectivity index (χ1) is 6.20. The predicted octanol–water partition coefficient (Wildman–Crippen LogP) is -0.454. The zero-order valence-corrected chi connectivity index (χ0v) is 8.25. The minimum Gasteiger partial charge on any atom is -0.370 e. The molecule has 0 radical (unpaired) electrons. The molecule has 1 rings (SSSR count). The summed E-state index contributed by atoms with van der Waals surface area (Å²) in [5.41, 5.74) is 5.10. The van der Waals surface area contributed by atoms with Gasteiger partial charge in [-0.25, -0.2) is 0 Å². The molecule has 4 heteroatoms. The molecule has 0 aromatic rings. The highest BCUT2D eigenvalue weighted by atomic mass is 16.1. The van der Waals surface area contributed by atoms with Gasteiger partial charge >= 0.3 is 0 Å². The molecule has 1 aliphatic heterocycles. The lowest BCUT2D eigenvalue weighted by atomic mass is 10.1. The predicted molar refractivity (Wildman–Crippen MR) is 52.3 cm³/mol. The van der Waals surface area contributed by atoms with E-state index in [0.29, 0.717) is 12.5 Å². The van der Waals surface area contributed by atoms with Gasteiger partial charge in [0.2, 0.25) is 5.91 Å². The quantitative estimate of drug-likeness (QED) is 0.623. The van der Waals surface area contributed by atoms with Gasteiger partial charge in [-0.3, -0.25) is 9.69 Å². The Morgan fingerprint density at radius 2 is 2.15 bits per heavy atom. The van der Waals surface area contributed by atoms with Gasteiger partial charge < -0.3 is 11.1 Å². The van der Waals surface area contributed by atoms with E-state index in [0.717, 1.165) is 32.6 Å². The van der Waals surface area contributed by atoms with Gasteiger partial charge in [-0.15, -0.1) is 0 Å². The van der Waals surface area contributed by atoms with Gasteiger partial charge in [0.1, 0.15) is 0 Å². The molecule has 3 N–H and O–H groups in total. The van der Waals surface area contributed by atoms with Crippen molar-refractivity contribution in [1.82, 2.24) is 10.2 Å². The Hall–Kier alpha value is -0.610. The van der Waals surface area contributed by atoms with Crippen LogP contribution in [0, 0.1) is 0 Å². The van der Waals surface area contributed by atoms with E-state index in [2.05, 4.69) is 17.1 Å². The van der Waals surface area contributed by atoms with Crippen LogP contribution in [0.4, 0.5) is 0 Å². The van der Waals surface area contributed by atoms with Gasteiger partial charge in [0.25, 0.3) is 0 Å². The smallest absolute Gasteiger partial charge is 0.217 e. The third-order valence-corrected chi connectivity index (χ3v) is 2.58. The highest BCUT2D eigenvalue weighted by Gasteiger charge is 2.16. The number of nitrogens with zero attached hydrogens (tertiary/aromatic N) is 1. The molecule has 0 saturated carbocycles. The van der Waals surface area contributed by atoms with Gasteiger partial charge in [0.15, 0.2) is 0 Å². The van der Waals surface area contributed by atoms with E-state index in [9.17, 15) is 4.79 Å². The fraction of sp³-hybridized carbons (Fsp3) is 0.889. The minimum absolute atomic E-state index is 0.193. The van der Waals surface area contributed by atoms with E-state index in [1.165, 1.54) is 0 Å². The Morgan fingerprint density at radius 1 is 1.54 bits per heavy atom. The number of rotatable bonds is 4. The lowest BCUT2D eigenvalue weighted by Gasteiger charge is -2.32. The normalized spacial score (nSPS) is 21.3. The number of nitrogens with two attached hydrogens (primary N) is 1. The number of carbonyl (C=O) groups is 1. The monoisotopic (exact) mass is 185 g/mol. The molecule has 0 aromatic carbocycles. The van der Waals surface area contributed by atoms with Gasteiger partial charge in [0.05, 0.1) is 0 Å². The SMILES string of the molecule is CC(CCC(N)=O)N1CCNCC1. The van der Waals surface area contributed by atoms with Crippen LogP contribution >= 0.6 is 0 Å². The molecule has 1 unspecified atom stereocenters. The van der Waals surface area contributed by atoms with Crippen molar-refractivity contribution in [3.63, 3.8) is 0 Å². The topological polar surface area (TPSA) is 58.4 Å². The minimum atomic E-state index is -0.193. The lowest BCUT2D eigenvalue weighted by Crippen LogP contribution is -2.47. The summed E-state index contributed by atoms with van der Waals surface area (Å²) in [6.45, 7) is 6.44. The third-order valence-electron chi connectivity index (χ3n) is 2.58. The first-order valence-corrected chi connectivity index (χ1v) is 4.93. The summed E-state index contributed by atoms with van der Waals surface area (Å²) in [4.78, 5) is 13.0. The fourth-order valence-corrected chi connectivity index (χ4v) is 1.66. The number of amides is 1. The van der Waals surface area contributed by atoms with Crippen molar-refractivity contribution in [2.45, 2.75) is 25.8 Å². The Kier molecular flexibility index (Phi) is 4.18. The van der Waals surface area contributed by atoms with E-state index in [-0.39, 0.29) is 5.91 Å². The van der Waals surface area contributed by atoms with Crippen LogP contribution in [0.5, 0.6) is 0 Å². The molecule has 0 bridgehead atoms. The molecular formula is C9H19N3O. The molecule has 1 heterocycles. The largest absolute Gasteiger partial charge is 0.370 e. The van der Waals surface area contributed by atoms with Crippen LogP contribution < -0.4 is 11.1 Å². The Morgan fingerprint density at radius 3 is 2.69 bits per heavy atom. The number of primary amides is 1. The first kappa shape index (κ1) is 10.5. The molecule has 13 heavy (non-hydrogen) atoms. The van der Waals surface area contributed by atoms with Gasteiger partial charge in [-0.05, 0) is 13.3 Å². The standard InChI is InChI=1S/C9H19N3O/c1-8(2-3-9(10)13)12-6-4-11-5-7-12/h8,11H,2-7H2,1H3,(H2,10,13). The molecule has 1 atom stereocenters. The van der Waals surface area contributed by atoms with Gasteiger partial charge in [0, 0.05) is 38.6 Å². The molecular weight excluding hydrogens is 166 g/mol. The maximum atomic E-state index is 10.6. The molecule has 4 nitrogen and oxygen atoms in total. The van der Waals surface area contributed by atoms with E-state index < -0.39 is 0 Å². The average Bonchev–Trinajstić information content (AvgIpc) is 2.15. The Labute approximate surface area is 79.5 Å². The van der Waals surface area contributed by atoms with Crippen LogP contribution in [-0.2, 0) is 4.79 Å². The molecule has 0 spiro atoms. The van der Waals surface area contributed by atoms with Crippen LogP contribution in [0.3, 0.4) is 0 Å². The Balaban J connectivity index is 2.20. The summed E-state index contributed by atoms with van der Waals surface area (Å²) in [5.74, 6) is -0.193. The highest BCUT2D eigenvalue weighted by Crippen LogP contribution is 2.06. The summed E-state index contributed by atoms with van der Waals surface area (Å²) in [7, 11) is 0.